The van der Waals surface area contributed by atoms with E-state index in [4.69, 9.17) is 0 Å². The van der Waals surface area contributed by atoms with Crippen molar-refractivity contribution < 1.29 is 0 Å². The van der Waals surface area contributed by atoms with Crippen LogP contribution in [0, 0.1) is 10.8 Å². The normalized spacial score (nSPS) is 15.3. The van der Waals surface area contributed by atoms with Crippen molar-refractivity contribution in [3.8, 4) is 0 Å². The summed E-state index contributed by atoms with van der Waals surface area (Å²) in [5.41, 5.74) is 0.625. The molecule has 0 radical (unpaired) electrons. The molecule has 1 heteroatoms. The van der Waals surface area contributed by atoms with Gasteiger partial charge in [-0.15, -0.1) is 0 Å². The summed E-state index contributed by atoms with van der Waals surface area (Å²) in [7, 11) is 0. The van der Waals surface area contributed by atoms with Crippen LogP contribution in [-0.2, 0) is 0 Å². The van der Waals surface area contributed by atoms with E-state index >= 15 is 0 Å². The number of hydrogen-bond donors (Lipinski definition) is 0. The molecule has 0 amide bonds. The average molecular weight is 221 g/mol. The summed E-state index contributed by atoms with van der Waals surface area (Å²) in [5.74, 6) is 0. The maximum Gasteiger partial charge on any atom is 0.0257 e. The molecule has 0 nitrogen and oxygen atoms in total. The van der Waals surface area contributed by atoms with E-state index in [0.29, 0.717) is 10.8 Å². The van der Waals surface area contributed by atoms with Crippen molar-refractivity contribution in [2.45, 2.75) is 52.8 Å². The van der Waals surface area contributed by atoms with Gasteiger partial charge in [-0.25, -0.2) is 0 Å². The lowest BCUT2D eigenvalue weighted by atomic mass is 9.63. The van der Waals surface area contributed by atoms with Crippen LogP contribution in [-0.4, -0.2) is 4.32 Å². The van der Waals surface area contributed by atoms with E-state index in [2.05, 4.69) is 64.4 Å². The molecule has 0 saturated heterocycles. The lowest BCUT2D eigenvalue weighted by Crippen LogP contribution is -2.43. The summed E-state index contributed by atoms with van der Waals surface area (Å²) >= 11 is 3.74. The maximum atomic E-state index is 3.74. The van der Waals surface area contributed by atoms with Gasteiger partial charge >= 0.3 is 0 Å². The molecule has 0 aromatic rings. The third kappa shape index (κ3) is 2.21. The van der Waals surface area contributed by atoms with Gasteiger partial charge in [-0.1, -0.05) is 50.5 Å². The van der Waals surface area contributed by atoms with Crippen LogP contribution >= 0.6 is 15.9 Å². The minimum absolute atomic E-state index is 0.193. The van der Waals surface area contributed by atoms with Crippen LogP contribution in [0.15, 0.2) is 0 Å². The Hall–Kier alpha value is 0.480. The van der Waals surface area contributed by atoms with Crippen LogP contribution in [0.2, 0.25) is 0 Å². The van der Waals surface area contributed by atoms with Gasteiger partial charge in [0.2, 0.25) is 0 Å². The highest BCUT2D eigenvalue weighted by atomic mass is 79.9. The monoisotopic (exact) mass is 220 g/mol. The predicted octanol–water partition coefficient (Wildman–Crippen LogP) is 4.23. The number of halogens is 1. The molecule has 0 saturated carbocycles. The van der Waals surface area contributed by atoms with Crippen LogP contribution < -0.4 is 0 Å². The second-order valence-corrected chi connectivity index (χ2v) is 7.33. The van der Waals surface area contributed by atoms with E-state index in [1.807, 2.05) is 0 Å². The fraction of sp³-hybridized carbons (Fsp3) is 1.00. The fourth-order valence-corrected chi connectivity index (χ4v) is 1.49. The van der Waals surface area contributed by atoms with Gasteiger partial charge in [-0.3, -0.25) is 0 Å². The minimum atomic E-state index is 0.193. The summed E-state index contributed by atoms with van der Waals surface area (Å²) in [5, 5.41) is 0. The van der Waals surface area contributed by atoms with Crippen molar-refractivity contribution in [2.24, 2.45) is 10.8 Å². The quantitative estimate of drug-likeness (QED) is 0.581. The molecule has 0 bridgehead atoms. The SMILES string of the molecule is CC(C)(C)C(C)(C)C(C)(C)Br. The van der Waals surface area contributed by atoms with Crippen LogP contribution in [0.3, 0.4) is 0 Å². The second kappa shape index (κ2) is 2.76. The van der Waals surface area contributed by atoms with Crippen molar-refractivity contribution in [3.63, 3.8) is 0 Å². The van der Waals surface area contributed by atoms with E-state index in [0.717, 1.165) is 0 Å². The topological polar surface area (TPSA) is 0 Å². The van der Waals surface area contributed by atoms with Crippen LogP contribution in [0.1, 0.15) is 48.5 Å². The molecule has 0 spiro atoms. The standard InChI is InChI=1S/C10H21Br/c1-8(2,3)9(4,5)10(6,7)11/h1-7H3. The Balaban J connectivity index is 4.75. The first kappa shape index (κ1) is 11.5. The Morgan fingerprint density at radius 3 is 1.00 bits per heavy atom. The van der Waals surface area contributed by atoms with Crippen molar-refractivity contribution in [2.75, 3.05) is 0 Å². The summed E-state index contributed by atoms with van der Waals surface area (Å²) in [6.45, 7) is 15.9. The van der Waals surface area contributed by atoms with Gasteiger partial charge in [0.1, 0.15) is 0 Å². The lowest BCUT2D eigenvalue weighted by molar-refractivity contribution is 0.0967. The molecule has 68 valence electrons. The average Bonchev–Trinajstić information content (AvgIpc) is 1.58. The third-order valence-electron chi connectivity index (χ3n) is 3.36. The molecule has 0 unspecified atom stereocenters. The first-order chi connectivity index (χ1) is 4.50. The molecule has 0 atom stereocenters. The summed E-state index contributed by atoms with van der Waals surface area (Å²) in [6, 6.07) is 0. The van der Waals surface area contributed by atoms with Gasteiger partial charge in [0.15, 0.2) is 0 Å². The molecule has 0 aliphatic heterocycles. The van der Waals surface area contributed by atoms with Crippen molar-refractivity contribution in [3.05, 3.63) is 0 Å². The highest BCUT2D eigenvalue weighted by Crippen LogP contribution is 2.50. The van der Waals surface area contributed by atoms with E-state index in [1.54, 1.807) is 0 Å². The Bertz CT molecular complexity index is 116. The van der Waals surface area contributed by atoms with Gasteiger partial charge < -0.3 is 0 Å². The summed E-state index contributed by atoms with van der Waals surface area (Å²) in [4.78, 5) is 0. The van der Waals surface area contributed by atoms with Gasteiger partial charge in [0.05, 0.1) is 0 Å². The first-order valence-corrected chi connectivity index (χ1v) is 4.98. The van der Waals surface area contributed by atoms with Gasteiger partial charge in [0, 0.05) is 4.32 Å². The molecular formula is C10H21Br. The van der Waals surface area contributed by atoms with E-state index in [1.165, 1.54) is 0 Å². The predicted molar refractivity (Wildman–Crippen MR) is 56.2 cm³/mol. The second-order valence-electron chi connectivity index (χ2n) is 5.35. The molecule has 0 N–H and O–H groups in total. The molecule has 0 fully saturated rings. The zero-order chi connectivity index (χ0) is 9.50. The molecule has 0 rings (SSSR count). The van der Waals surface area contributed by atoms with Crippen LogP contribution in [0.5, 0.6) is 0 Å². The Kier molecular flexibility index (Phi) is 2.88. The van der Waals surface area contributed by atoms with E-state index in [-0.39, 0.29) is 4.32 Å². The van der Waals surface area contributed by atoms with Crippen molar-refractivity contribution in [1.29, 1.82) is 0 Å². The molecule has 0 aliphatic rings. The zero-order valence-corrected chi connectivity index (χ0v) is 10.5. The minimum Gasteiger partial charge on any atom is -0.0853 e. The molecule has 0 aromatic carbocycles. The van der Waals surface area contributed by atoms with E-state index in [9.17, 15) is 0 Å². The number of hydrogen-bond acceptors (Lipinski definition) is 0. The fourth-order valence-electron chi connectivity index (χ4n) is 0.892. The smallest absolute Gasteiger partial charge is 0.0257 e. The van der Waals surface area contributed by atoms with Crippen molar-refractivity contribution in [1.82, 2.24) is 0 Å². The number of alkyl halides is 1. The van der Waals surface area contributed by atoms with Crippen LogP contribution in [0.4, 0.5) is 0 Å². The van der Waals surface area contributed by atoms with Crippen LogP contribution in [0.25, 0.3) is 0 Å². The Morgan fingerprint density at radius 2 is 1.00 bits per heavy atom. The Labute approximate surface area is 79.9 Å². The highest BCUT2D eigenvalue weighted by Gasteiger charge is 2.43. The molecule has 0 aliphatic carbocycles. The van der Waals surface area contributed by atoms with Gasteiger partial charge in [0.25, 0.3) is 0 Å². The molecule has 11 heavy (non-hydrogen) atoms. The Morgan fingerprint density at radius 1 is 0.727 bits per heavy atom. The van der Waals surface area contributed by atoms with Crippen molar-refractivity contribution >= 4 is 15.9 Å². The maximum absolute atomic E-state index is 3.74. The third-order valence-corrected chi connectivity index (χ3v) is 4.35. The molecule has 0 heterocycles. The molecule has 0 aromatic heterocycles. The number of rotatable bonds is 1. The lowest BCUT2D eigenvalue weighted by Gasteiger charge is -2.47. The first-order valence-electron chi connectivity index (χ1n) is 4.19. The van der Waals surface area contributed by atoms with E-state index < -0.39 is 0 Å². The summed E-state index contributed by atoms with van der Waals surface area (Å²) in [6.07, 6.45) is 0. The largest absolute Gasteiger partial charge is 0.0853 e. The van der Waals surface area contributed by atoms with Gasteiger partial charge in [-0.2, -0.15) is 0 Å². The molecular weight excluding hydrogens is 200 g/mol. The summed E-state index contributed by atoms with van der Waals surface area (Å²) < 4.78 is 0.193. The zero-order valence-electron chi connectivity index (χ0n) is 8.88. The van der Waals surface area contributed by atoms with Gasteiger partial charge in [-0.05, 0) is 24.7 Å². The highest BCUT2D eigenvalue weighted by molar-refractivity contribution is 9.10.